The van der Waals surface area contributed by atoms with Gasteiger partial charge in [0.15, 0.2) is 11.5 Å². The molecule has 0 bridgehead atoms. The van der Waals surface area contributed by atoms with Crippen molar-refractivity contribution in [3.8, 4) is 23.1 Å². The van der Waals surface area contributed by atoms with E-state index in [-0.39, 0.29) is 16.7 Å². The van der Waals surface area contributed by atoms with Crippen molar-refractivity contribution in [2.24, 2.45) is 0 Å². The van der Waals surface area contributed by atoms with Crippen molar-refractivity contribution in [3.05, 3.63) is 82.5 Å². The molecule has 3 N–H and O–H groups in total. The predicted molar refractivity (Wildman–Crippen MR) is 138 cm³/mol. The molecule has 5 aromatic rings. The average molecular weight is 527 g/mol. The number of rotatable bonds is 6. The van der Waals surface area contributed by atoms with Crippen molar-refractivity contribution >= 4 is 33.5 Å². The van der Waals surface area contributed by atoms with E-state index in [9.17, 15) is 30.2 Å². The monoisotopic (exact) mass is 527 g/mol. The molecule has 12 heteroatoms. The molecule has 0 spiro atoms. The molecular formula is C27H21N5O7. The van der Waals surface area contributed by atoms with Crippen molar-refractivity contribution in [3.63, 3.8) is 0 Å². The number of fused-ring (bicyclic) bond motifs is 2. The molecule has 5 rings (SSSR count). The van der Waals surface area contributed by atoms with Crippen molar-refractivity contribution in [2.45, 2.75) is 19.6 Å². The standard InChI is InChI=1S/C27H21N5O7/c1-15-29-22-9-6-18(11-23(22)39-15)32(27(35,36)37)24(33)14-31-26(34)21-12-19(38-2)7-8-20(21)25(30-31)17-5-3-4-16(10-17)13-28/h3-12,35-37H,14H2,1-2H3. The molecule has 0 saturated heterocycles. The molecule has 0 fully saturated rings. The Labute approximate surface area is 220 Å². The maximum Gasteiger partial charge on any atom is 0.376 e. The number of methoxy groups -OCH3 is 1. The number of carbonyl (C=O) groups is 1. The summed E-state index contributed by atoms with van der Waals surface area (Å²) in [5, 5.41) is 44.6. The minimum absolute atomic E-state index is 0.131. The van der Waals surface area contributed by atoms with Crippen molar-refractivity contribution < 1.29 is 29.3 Å². The van der Waals surface area contributed by atoms with Gasteiger partial charge in [-0.1, -0.05) is 12.1 Å². The fourth-order valence-electron chi connectivity index (χ4n) is 4.30. The Morgan fingerprint density at radius 2 is 1.92 bits per heavy atom. The van der Waals surface area contributed by atoms with E-state index >= 15 is 0 Å². The van der Waals surface area contributed by atoms with Crippen molar-refractivity contribution in [1.82, 2.24) is 14.8 Å². The van der Waals surface area contributed by atoms with E-state index in [0.717, 1.165) is 4.68 Å². The second-order valence-electron chi connectivity index (χ2n) is 8.63. The topological polar surface area (TPSA) is 175 Å². The van der Waals surface area contributed by atoms with E-state index < -0.39 is 24.1 Å². The second-order valence-corrected chi connectivity index (χ2v) is 8.63. The van der Waals surface area contributed by atoms with E-state index in [4.69, 9.17) is 9.15 Å². The maximum atomic E-state index is 13.4. The summed E-state index contributed by atoms with van der Waals surface area (Å²) in [6.07, 6.45) is -3.62. The van der Waals surface area contributed by atoms with Gasteiger partial charge in [-0.15, -0.1) is 0 Å². The summed E-state index contributed by atoms with van der Waals surface area (Å²) in [6.45, 7) is 0.835. The number of nitriles is 1. The zero-order valence-electron chi connectivity index (χ0n) is 20.7. The number of anilines is 1. The zero-order chi connectivity index (χ0) is 27.9. The highest BCUT2D eigenvalue weighted by Gasteiger charge is 2.36. The van der Waals surface area contributed by atoms with E-state index in [2.05, 4.69) is 16.2 Å². The largest absolute Gasteiger partial charge is 0.497 e. The number of aliphatic hydroxyl groups is 3. The molecule has 39 heavy (non-hydrogen) atoms. The van der Waals surface area contributed by atoms with Gasteiger partial charge in [-0.2, -0.15) is 10.4 Å². The number of hydrogen-bond donors (Lipinski definition) is 3. The highest BCUT2D eigenvalue weighted by Crippen LogP contribution is 2.29. The molecule has 0 saturated carbocycles. The van der Waals surface area contributed by atoms with E-state index in [1.54, 1.807) is 43.3 Å². The van der Waals surface area contributed by atoms with Crippen LogP contribution in [0.2, 0.25) is 0 Å². The van der Waals surface area contributed by atoms with Crippen LogP contribution in [0.25, 0.3) is 33.1 Å². The van der Waals surface area contributed by atoms with Crippen LogP contribution >= 0.6 is 0 Å². The number of nitrogens with zero attached hydrogens (tertiary/aromatic N) is 5. The molecule has 0 unspecified atom stereocenters. The van der Waals surface area contributed by atoms with Gasteiger partial charge >= 0.3 is 6.10 Å². The summed E-state index contributed by atoms with van der Waals surface area (Å²) in [4.78, 5) is 31.3. The van der Waals surface area contributed by atoms with Gasteiger partial charge in [0.2, 0.25) is 0 Å². The van der Waals surface area contributed by atoms with Gasteiger partial charge in [0.05, 0.1) is 35.5 Å². The number of aromatic nitrogens is 3. The zero-order valence-corrected chi connectivity index (χ0v) is 20.7. The van der Waals surface area contributed by atoms with Crippen LogP contribution in [0.5, 0.6) is 5.75 Å². The summed E-state index contributed by atoms with van der Waals surface area (Å²) in [5.41, 5.74) is 1.06. The molecule has 0 aliphatic rings. The Bertz CT molecular complexity index is 1850. The van der Waals surface area contributed by atoms with Crippen LogP contribution in [0, 0.1) is 18.3 Å². The lowest BCUT2D eigenvalue weighted by atomic mass is 10.0. The molecule has 0 atom stereocenters. The summed E-state index contributed by atoms with van der Waals surface area (Å²) in [6, 6.07) is 17.5. The first kappa shape index (κ1) is 25.6. The molecule has 0 radical (unpaired) electrons. The lowest BCUT2D eigenvalue weighted by Gasteiger charge is -2.30. The van der Waals surface area contributed by atoms with Crippen LogP contribution < -0.4 is 15.2 Å². The van der Waals surface area contributed by atoms with Gasteiger partial charge in [0, 0.05) is 23.9 Å². The summed E-state index contributed by atoms with van der Waals surface area (Å²) < 4.78 is 11.5. The van der Waals surface area contributed by atoms with Gasteiger partial charge in [-0.25, -0.2) is 14.6 Å². The maximum absolute atomic E-state index is 13.4. The van der Waals surface area contributed by atoms with Gasteiger partial charge < -0.3 is 24.5 Å². The lowest BCUT2D eigenvalue weighted by Crippen LogP contribution is -2.54. The third-order valence-corrected chi connectivity index (χ3v) is 6.00. The van der Waals surface area contributed by atoms with Crippen LogP contribution in [-0.2, 0) is 11.3 Å². The van der Waals surface area contributed by atoms with Crippen LogP contribution in [0.3, 0.4) is 0 Å². The minimum Gasteiger partial charge on any atom is -0.497 e. The van der Waals surface area contributed by atoms with E-state index in [0.29, 0.717) is 44.3 Å². The van der Waals surface area contributed by atoms with Crippen LogP contribution in [0.15, 0.2) is 69.9 Å². The summed E-state index contributed by atoms with van der Waals surface area (Å²) in [5.74, 6) is -0.344. The smallest absolute Gasteiger partial charge is 0.376 e. The van der Waals surface area contributed by atoms with Gasteiger partial charge in [-0.05, 0) is 42.5 Å². The molecule has 1 amide bonds. The third-order valence-electron chi connectivity index (χ3n) is 6.00. The fraction of sp³-hybridized carbons (Fsp3) is 0.148. The molecule has 0 aliphatic heterocycles. The van der Waals surface area contributed by atoms with Gasteiger partial charge in [-0.3, -0.25) is 9.59 Å². The number of amides is 1. The first-order chi connectivity index (χ1) is 18.6. The Kier molecular flexibility index (Phi) is 6.33. The molecule has 12 nitrogen and oxygen atoms in total. The quantitative estimate of drug-likeness (QED) is 0.277. The normalized spacial score (nSPS) is 11.5. The van der Waals surface area contributed by atoms with Crippen molar-refractivity contribution in [1.29, 1.82) is 5.26 Å². The molecular weight excluding hydrogens is 506 g/mol. The van der Waals surface area contributed by atoms with Crippen LogP contribution in [0.1, 0.15) is 11.5 Å². The molecule has 196 valence electrons. The number of ether oxygens (including phenoxy) is 1. The average Bonchev–Trinajstić information content (AvgIpc) is 3.28. The third kappa shape index (κ3) is 4.80. The van der Waals surface area contributed by atoms with Gasteiger partial charge in [0.1, 0.15) is 17.8 Å². The molecule has 2 heterocycles. The Morgan fingerprint density at radius 1 is 1.13 bits per heavy atom. The highest BCUT2D eigenvalue weighted by atomic mass is 16.7. The Hall–Kier alpha value is -5.09. The van der Waals surface area contributed by atoms with Crippen LogP contribution in [-0.4, -0.2) is 49.2 Å². The lowest BCUT2D eigenvalue weighted by molar-refractivity contribution is -0.306. The Morgan fingerprint density at radius 3 is 2.64 bits per heavy atom. The highest BCUT2D eigenvalue weighted by molar-refractivity contribution is 5.97. The second kappa shape index (κ2) is 9.66. The number of carbonyl (C=O) groups excluding carboxylic acids is 1. The number of aryl methyl sites for hydroxylation is 1. The summed E-state index contributed by atoms with van der Waals surface area (Å²) >= 11 is 0. The number of hydrogen-bond acceptors (Lipinski definition) is 10. The van der Waals surface area contributed by atoms with Gasteiger partial charge in [0.25, 0.3) is 11.5 Å². The van der Waals surface area contributed by atoms with E-state index in [1.807, 2.05) is 0 Å². The Balaban J connectivity index is 1.64. The van der Waals surface area contributed by atoms with Crippen LogP contribution in [0.4, 0.5) is 5.69 Å². The fourth-order valence-corrected chi connectivity index (χ4v) is 4.30. The summed E-state index contributed by atoms with van der Waals surface area (Å²) in [7, 11) is 1.44. The van der Waals surface area contributed by atoms with Crippen molar-refractivity contribution in [2.75, 3.05) is 12.0 Å². The number of oxazole rings is 1. The predicted octanol–water partition coefficient (Wildman–Crippen LogP) is 2.01. The molecule has 2 aromatic heterocycles. The molecule has 3 aromatic carbocycles. The number of benzene rings is 3. The SMILES string of the molecule is COc1ccc2c(-c3cccc(C#N)c3)nn(CC(=O)N(c3ccc4nc(C)oc4c3)C(O)(O)O)c(=O)c2c1. The first-order valence-corrected chi connectivity index (χ1v) is 11.6. The first-order valence-electron chi connectivity index (χ1n) is 11.6. The molecule has 0 aliphatic carbocycles. The minimum atomic E-state index is -3.62. The van der Waals surface area contributed by atoms with E-state index in [1.165, 1.54) is 31.4 Å².